The number of aryl methyl sites for hydroxylation is 3. The van der Waals surface area contributed by atoms with Crippen LogP contribution in [0.1, 0.15) is 27.2 Å². The monoisotopic (exact) mass is 361 g/mol. The van der Waals surface area contributed by atoms with Gasteiger partial charge in [0, 0.05) is 32.4 Å². The van der Waals surface area contributed by atoms with Gasteiger partial charge in [0.25, 0.3) is 5.91 Å². The van der Waals surface area contributed by atoms with Crippen LogP contribution >= 0.6 is 0 Å². The highest BCUT2D eigenvalue weighted by atomic mass is 32.2. The van der Waals surface area contributed by atoms with Crippen molar-refractivity contribution in [2.24, 2.45) is 0 Å². The number of aromatic nitrogens is 1. The largest absolute Gasteiger partial charge is 0.357 e. The highest BCUT2D eigenvalue weighted by Crippen LogP contribution is 2.24. The fourth-order valence-corrected chi connectivity index (χ4v) is 4.83. The molecule has 6 nitrogen and oxygen atoms in total. The average Bonchev–Trinajstić information content (AvgIpc) is 3.12. The number of carbonyl (C=O) groups excluding carboxylic acids is 1. The summed E-state index contributed by atoms with van der Waals surface area (Å²) in [5, 5.41) is 0. The molecule has 1 saturated heterocycles. The summed E-state index contributed by atoms with van der Waals surface area (Å²) in [4.78, 5) is 17.3. The number of nitrogens with one attached hydrogen (secondary N) is 1. The summed E-state index contributed by atoms with van der Waals surface area (Å²) in [6, 6.07) is 7.16. The summed E-state index contributed by atoms with van der Waals surface area (Å²) < 4.78 is 27.5. The second-order valence-corrected chi connectivity index (χ2v) is 8.39. The van der Waals surface area contributed by atoms with Gasteiger partial charge < -0.3 is 9.88 Å². The lowest BCUT2D eigenvalue weighted by molar-refractivity contribution is 0.0692. The maximum Gasteiger partial charge on any atom is 0.270 e. The molecule has 2 aromatic rings. The average molecular weight is 361 g/mol. The van der Waals surface area contributed by atoms with Gasteiger partial charge in [0.15, 0.2) is 0 Å². The number of rotatable bonds is 3. The van der Waals surface area contributed by atoms with Crippen LogP contribution in [-0.4, -0.2) is 54.7 Å². The predicted octanol–water partition coefficient (Wildman–Crippen LogP) is 2.09. The van der Waals surface area contributed by atoms with Gasteiger partial charge in [0.1, 0.15) is 5.69 Å². The summed E-state index contributed by atoms with van der Waals surface area (Å²) in [7, 11) is -3.55. The van der Waals surface area contributed by atoms with E-state index in [2.05, 4.69) is 4.98 Å². The van der Waals surface area contributed by atoms with Crippen LogP contribution in [0.4, 0.5) is 0 Å². The van der Waals surface area contributed by atoms with E-state index in [1.807, 2.05) is 26.8 Å². The van der Waals surface area contributed by atoms with Crippen LogP contribution in [-0.2, 0) is 10.0 Å². The van der Waals surface area contributed by atoms with E-state index in [-0.39, 0.29) is 5.91 Å². The first-order chi connectivity index (χ1) is 11.8. The third kappa shape index (κ3) is 3.34. The molecule has 0 radical (unpaired) electrons. The molecule has 3 rings (SSSR count). The maximum atomic E-state index is 13.0. The van der Waals surface area contributed by atoms with Crippen molar-refractivity contribution >= 4 is 15.9 Å². The smallest absolute Gasteiger partial charge is 0.270 e. The van der Waals surface area contributed by atoms with Crippen molar-refractivity contribution in [3.8, 4) is 0 Å². The second kappa shape index (κ2) is 6.65. The molecule has 2 heterocycles. The molecule has 1 N–H and O–H groups in total. The Bertz CT molecular complexity index is 881. The normalized spacial score (nSPS) is 16.2. The van der Waals surface area contributed by atoms with Gasteiger partial charge in [-0.15, -0.1) is 0 Å². The van der Waals surface area contributed by atoms with E-state index in [1.165, 1.54) is 4.31 Å². The zero-order valence-electron chi connectivity index (χ0n) is 14.7. The number of H-pyrrole nitrogens is 1. The van der Waals surface area contributed by atoms with Gasteiger partial charge in [-0.1, -0.05) is 6.07 Å². The Morgan fingerprint density at radius 1 is 1.00 bits per heavy atom. The molecule has 1 fully saturated rings. The summed E-state index contributed by atoms with van der Waals surface area (Å²) in [5.41, 5.74) is 3.33. The van der Waals surface area contributed by atoms with Gasteiger partial charge in [-0.3, -0.25) is 4.79 Å². The Morgan fingerprint density at radius 2 is 1.64 bits per heavy atom. The number of sulfonamides is 1. The highest BCUT2D eigenvalue weighted by molar-refractivity contribution is 7.89. The molecule has 134 valence electrons. The Balaban J connectivity index is 1.76. The first kappa shape index (κ1) is 17.7. The lowest BCUT2D eigenvalue weighted by Gasteiger charge is -2.34. The molecule has 1 aromatic heterocycles. The summed E-state index contributed by atoms with van der Waals surface area (Å²) in [6.07, 6.45) is 1.70. The summed E-state index contributed by atoms with van der Waals surface area (Å²) in [5.74, 6) is -0.0931. The van der Waals surface area contributed by atoms with Crippen molar-refractivity contribution < 1.29 is 13.2 Å². The number of carbonyl (C=O) groups is 1. The van der Waals surface area contributed by atoms with Crippen LogP contribution in [0, 0.1) is 20.8 Å². The van der Waals surface area contributed by atoms with Crippen molar-refractivity contribution in [1.82, 2.24) is 14.2 Å². The summed E-state index contributed by atoms with van der Waals surface area (Å²) >= 11 is 0. The molecule has 1 aliphatic rings. The van der Waals surface area contributed by atoms with E-state index in [0.717, 1.165) is 16.7 Å². The van der Waals surface area contributed by atoms with Crippen LogP contribution < -0.4 is 0 Å². The van der Waals surface area contributed by atoms with Crippen LogP contribution in [0.25, 0.3) is 0 Å². The van der Waals surface area contributed by atoms with Crippen molar-refractivity contribution in [3.05, 3.63) is 52.8 Å². The van der Waals surface area contributed by atoms with Gasteiger partial charge in [-0.2, -0.15) is 4.31 Å². The van der Waals surface area contributed by atoms with Crippen molar-refractivity contribution in [2.75, 3.05) is 26.2 Å². The molecule has 0 spiro atoms. The van der Waals surface area contributed by atoms with E-state index in [4.69, 9.17) is 0 Å². The van der Waals surface area contributed by atoms with E-state index >= 15 is 0 Å². The fourth-order valence-electron chi connectivity index (χ4n) is 3.12. The molecule has 0 aliphatic carbocycles. The fraction of sp³-hybridized carbons (Fsp3) is 0.389. The molecule has 7 heteroatoms. The SMILES string of the molecule is Cc1cc(C)c(S(=O)(=O)N2CCN(C(=O)c3ccc[nH]3)CC2)cc1C. The van der Waals surface area contributed by atoms with Gasteiger partial charge in [-0.05, 0) is 55.7 Å². The lowest BCUT2D eigenvalue weighted by atomic mass is 10.1. The number of benzene rings is 1. The third-order valence-corrected chi connectivity index (χ3v) is 6.80. The molecule has 0 saturated carbocycles. The van der Waals surface area contributed by atoms with Crippen LogP contribution in [0.15, 0.2) is 35.4 Å². The highest BCUT2D eigenvalue weighted by Gasteiger charge is 2.31. The molecule has 0 bridgehead atoms. The number of hydrogen-bond acceptors (Lipinski definition) is 3. The van der Waals surface area contributed by atoms with Gasteiger partial charge in [0.05, 0.1) is 4.90 Å². The lowest BCUT2D eigenvalue weighted by Crippen LogP contribution is -2.50. The number of nitrogens with zero attached hydrogens (tertiary/aromatic N) is 2. The van der Waals surface area contributed by atoms with Crippen molar-refractivity contribution in [1.29, 1.82) is 0 Å². The Hall–Kier alpha value is -2.12. The molecule has 1 aliphatic heterocycles. The Morgan fingerprint density at radius 3 is 2.24 bits per heavy atom. The minimum absolute atomic E-state index is 0.0931. The van der Waals surface area contributed by atoms with Crippen LogP contribution in [0.2, 0.25) is 0 Å². The molecule has 0 unspecified atom stereocenters. The molecule has 25 heavy (non-hydrogen) atoms. The van der Waals surface area contributed by atoms with E-state index < -0.39 is 10.0 Å². The van der Waals surface area contributed by atoms with E-state index in [1.54, 1.807) is 29.3 Å². The Labute approximate surface area is 148 Å². The van der Waals surface area contributed by atoms with E-state index in [0.29, 0.717) is 36.8 Å². The minimum Gasteiger partial charge on any atom is -0.357 e. The quantitative estimate of drug-likeness (QED) is 0.910. The maximum absolute atomic E-state index is 13.0. The van der Waals surface area contributed by atoms with Crippen molar-refractivity contribution in [2.45, 2.75) is 25.7 Å². The molecular formula is C18H23N3O3S. The zero-order chi connectivity index (χ0) is 18.2. The second-order valence-electron chi connectivity index (χ2n) is 6.48. The number of hydrogen-bond donors (Lipinski definition) is 1. The predicted molar refractivity (Wildman–Crippen MR) is 96.1 cm³/mol. The van der Waals surface area contributed by atoms with Crippen molar-refractivity contribution in [3.63, 3.8) is 0 Å². The first-order valence-electron chi connectivity index (χ1n) is 8.31. The standard InChI is InChI=1S/C18H23N3O3S/c1-13-11-15(3)17(12-14(13)2)25(23,24)21-9-7-20(8-10-21)18(22)16-5-4-6-19-16/h4-6,11-12,19H,7-10H2,1-3H3. The molecule has 1 aromatic carbocycles. The van der Waals surface area contributed by atoms with Gasteiger partial charge in [-0.25, -0.2) is 8.42 Å². The van der Waals surface area contributed by atoms with Gasteiger partial charge in [0.2, 0.25) is 10.0 Å². The summed E-state index contributed by atoms with van der Waals surface area (Å²) in [6.45, 7) is 7.11. The van der Waals surface area contributed by atoms with Crippen LogP contribution in [0.5, 0.6) is 0 Å². The molecule has 1 amide bonds. The Kier molecular flexibility index (Phi) is 4.71. The topological polar surface area (TPSA) is 73.5 Å². The van der Waals surface area contributed by atoms with Gasteiger partial charge >= 0.3 is 0 Å². The number of piperazine rings is 1. The molecular weight excluding hydrogens is 338 g/mol. The number of aromatic amines is 1. The van der Waals surface area contributed by atoms with Crippen LogP contribution in [0.3, 0.4) is 0 Å². The zero-order valence-corrected chi connectivity index (χ0v) is 15.6. The number of amides is 1. The van der Waals surface area contributed by atoms with E-state index in [9.17, 15) is 13.2 Å². The minimum atomic E-state index is -3.55. The third-order valence-electron chi connectivity index (χ3n) is 4.76. The molecule has 0 atom stereocenters. The first-order valence-corrected chi connectivity index (χ1v) is 9.75.